The maximum atomic E-state index is 6.12. The van der Waals surface area contributed by atoms with E-state index in [1.54, 1.807) is 0 Å². The summed E-state index contributed by atoms with van der Waals surface area (Å²) in [6.45, 7) is 0. The van der Waals surface area contributed by atoms with Crippen LogP contribution in [0.5, 0.6) is 0 Å². The molecule has 2 aliphatic heterocycles. The molecule has 2 saturated heterocycles. The predicted octanol–water partition coefficient (Wildman–Crippen LogP) is 5.12. The molecule has 4 nitrogen and oxygen atoms in total. The molecule has 27 heavy (non-hydrogen) atoms. The molecule has 3 aromatic rings. The van der Waals surface area contributed by atoms with E-state index in [1.807, 2.05) is 42.5 Å². The van der Waals surface area contributed by atoms with Gasteiger partial charge in [0.15, 0.2) is 0 Å². The molecule has 4 atom stereocenters. The van der Waals surface area contributed by atoms with Crippen LogP contribution < -0.4 is 0 Å². The molecule has 0 N–H and O–H groups in total. The normalized spacial score (nSPS) is 27.8. The molecule has 2 fully saturated rings. The smallest absolute Gasteiger partial charge is 0.232 e. The van der Waals surface area contributed by atoms with Gasteiger partial charge in [-0.15, -0.1) is 0 Å². The van der Waals surface area contributed by atoms with Gasteiger partial charge in [-0.1, -0.05) is 59.2 Å². The molecule has 0 amide bonds. The molecule has 0 spiro atoms. The minimum atomic E-state index is 0.208. The maximum absolute atomic E-state index is 6.12. The summed E-state index contributed by atoms with van der Waals surface area (Å²) in [4.78, 5) is 7.34. The van der Waals surface area contributed by atoms with Crippen molar-refractivity contribution in [1.82, 2.24) is 15.0 Å². The van der Waals surface area contributed by atoms with Gasteiger partial charge in [-0.05, 0) is 49.9 Å². The number of aromatic nitrogens is 2. The van der Waals surface area contributed by atoms with Crippen LogP contribution in [0.4, 0.5) is 0 Å². The molecule has 2 aromatic carbocycles. The van der Waals surface area contributed by atoms with Crippen molar-refractivity contribution in [2.45, 2.75) is 43.2 Å². The number of hydrogen-bond donors (Lipinski definition) is 0. The van der Waals surface area contributed by atoms with E-state index < -0.39 is 0 Å². The Bertz CT molecular complexity index is 924. The molecule has 0 radical (unpaired) electrons. The van der Waals surface area contributed by atoms with Crippen LogP contribution in [0, 0.1) is 0 Å². The Hall–Kier alpha value is -2.17. The third kappa shape index (κ3) is 2.97. The molecule has 0 saturated carbocycles. The zero-order valence-electron chi connectivity index (χ0n) is 15.3. The van der Waals surface area contributed by atoms with Crippen LogP contribution in [0.15, 0.2) is 59.1 Å². The summed E-state index contributed by atoms with van der Waals surface area (Å²) in [5.74, 6) is 2.01. The highest BCUT2D eigenvalue weighted by Gasteiger charge is 2.48. The fourth-order valence-electron chi connectivity index (χ4n) is 4.93. The Labute approximate surface area is 164 Å². The third-order valence-corrected chi connectivity index (χ3v) is 6.58. The van der Waals surface area contributed by atoms with E-state index in [9.17, 15) is 0 Å². The molecule has 2 aliphatic rings. The maximum Gasteiger partial charge on any atom is 0.232 e. The fraction of sp³-hybridized carbons (Fsp3) is 0.364. The number of rotatable bonds is 3. The molecular weight excluding hydrogens is 358 g/mol. The van der Waals surface area contributed by atoms with Crippen LogP contribution >= 0.6 is 11.6 Å². The Balaban J connectivity index is 1.54. The average Bonchev–Trinajstić information content (AvgIpc) is 3.26. The van der Waals surface area contributed by atoms with Crippen LogP contribution in [0.25, 0.3) is 11.4 Å². The van der Waals surface area contributed by atoms with E-state index in [4.69, 9.17) is 21.1 Å². The largest absolute Gasteiger partial charge is 0.339 e. The molecule has 0 unspecified atom stereocenters. The van der Waals surface area contributed by atoms with Gasteiger partial charge in [-0.2, -0.15) is 4.98 Å². The lowest BCUT2D eigenvalue weighted by Gasteiger charge is -2.41. The first-order chi connectivity index (χ1) is 13.2. The number of nitrogens with zero attached hydrogens (tertiary/aromatic N) is 3. The Morgan fingerprint density at radius 2 is 1.81 bits per heavy atom. The van der Waals surface area contributed by atoms with Crippen molar-refractivity contribution in [3.8, 4) is 11.4 Å². The zero-order valence-corrected chi connectivity index (χ0v) is 16.0. The Morgan fingerprint density at radius 1 is 1.04 bits per heavy atom. The van der Waals surface area contributed by atoms with E-state index in [0.717, 1.165) is 22.9 Å². The van der Waals surface area contributed by atoms with Gasteiger partial charge in [0.1, 0.15) is 0 Å². The van der Waals surface area contributed by atoms with E-state index in [2.05, 4.69) is 29.2 Å². The van der Waals surface area contributed by atoms with Gasteiger partial charge >= 0.3 is 0 Å². The monoisotopic (exact) mass is 379 g/mol. The Kier molecular flexibility index (Phi) is 4.25. The topological polar surface area (TPSA) is 42.2 Å². The standard InChI is InChI=1S/C22H22ClN3O/c1-26-17-11-12-19(26)20(18(13-17)14-7-9-16(23)10-8-14)22-24-21(25-27-22)15-5-3-2-4-6-15/h2-10,17-20H,11-13H2,1H3/t17-,18+,19+,20+/m0/s1. The van der Waals surface area contributed by atoms with E-state index in [0.29, 0.717) is 23.8 Å². The van der Waals surface area contributed by atoms with Crippen molar-refractivity contribution in [1.29, 1.82) is 0 Å². The van der Waals surface area contributed by atoms with Crippen LogP contribution in [-0.2, 0) is 0 Å². The van der Waals surface area contributed by atoms with Crippen molar-refractivity contribution in [3.05, 3.63) is 71.1 Å². The third-order valence-electron chi connectivity index (χ3n) is 6.33. The van der Waals surface area contributed by atoms with Gasteiger partial charge in [-0.25, -0.2) is 0 Å². The van der Waals surface area contributed by atoms with Gasteiger partial charge in [0.2, 0.25) is 11.7 Å². The van der Waals surface area contributed by atoms with Gasteiger partial charge < -0.3 is 4.52 Å². The van der Waals surface area contributed by atoms with Gasteiger partial charge in [0.05, 0.1) is 5.92 Å². The highest BCUT2D eigenvalue weighted by molar-refractivity contribution is 6.30. The van der Waals surface area contributed by atoms with E-state index >= 15 is 0 Å². The molecular formula is C22H22ClN3O. The minimum absolute atomic E-state index is 0.208. The fourth-order valence-corrected chi connectivity index (χ4v) is 5.06. The first-order valence-corrected chi connectivity index (χ1v) is 9.95. The van der Waals surface area contributed by atoms with Crippen molar-refractivity contribution >= 4 is 11.6 Å². The summed E-state index contributed by atoms with van der Waals surface area (Å²) >= 11 is 6.12. The van der Waals surface area contributed by atoms with Gasteiger partial charge in [0, 0.05) is 22.7 Å². The number of likely N-dealkylation sites (N-methyl/N-ethyl adjacent to an activating group) is 1. The van der Waals surface area contributed by atoms with Crippen molar-refractivity contribution in [2.24, 2.45) is 0 Å². The van der Waals surface area contributed by atoms with Crippen molar-refractivity contribution in [2.75, 3.05) is 7.05 Å². The second kappa shape index (κ2) is 6.77. The summed E-state index contributed by atoms with van der Waals surface area (Å²) in [5.41, 5.74) is 2.30. The number of fused-ring (bicyclic) bond motifs is 2. The highest BCUT2D eigenvalue weighted by Crippen LogP contribution is 2.50. The number of halogens is 1. The van der Waals surface area contributed by atoms with E-state index in [1.165, 1.54) is 18.4 Å². The summed E-state index contributed by atoms with van der Waals surface area (Å²) in [7, 11) is 2.24. The van der Waals surface area contributed by atoms with Crippen LogP contribution in [0.1, 0.15) is 42.6 Å². The quantitative estimate of drug-likeness (QED) is 0.633. The number of piperidine rings is 1. The highest BCUT2D eigenvalue weighted by atomic mass is 35.5. The van der Waals surface area contributed by atoms with Crippen LogP contribution in [0.2, 0.25) is 5.02 Å². The summed E-state index contributed by atoms with van der Waals surface area (Å²) in [6.07, 6.45) is 3.53. The molecule has 2 bridgehead atoms. The lowest BCUT2D eigenvalue weighted by Crippen LogP contribution is -2.44. The van der Waals surface area contributed by atoms with Gasteiger partial charge in [0.25, 0.3) is 0 Å². The predicted molar refractivity (Wildman–Crippen MR) is 106 cm³/mol. The second-order valence-electron chi connectivity index (χ2n) is 7.71. The van der Waals surface area contributed by atoms with Crippen LogP contribution in [-0.4, -0.2) is 34.2 Å². The first-order valence-electron chi connectivity index (χ1n) is 9.57. The summed E-state index contributed by atoms with van der Waals surface area (Å²) < 4.78 is 5.82. The molecule has 0 aliphatic carbocycles. The molecule has 3 heterocycles. The number of hydrogen-bond acceptors (Lipinski definition) is 4. The lowest BCUT2D eigenvalue weighted by molar-refractivity contribution is 0.120. The Morgan fingerprint density at radius 3 is 2.59 bits per heavy atom. The number of benzene rings is 2. The first kappa shape index (κ1) is 17.0. The van der Waals surface area contributed by atoms with Crippen LogP contribution in [0.3, 0.4) is 0 Å². The van der Waals surface area contributed by atoms with Crippen molar-refractivity contribution in [3.63, 3.8) is 0 Å². The zero-order chi connectivity index (χ0) is 18.4. The van der Waals surface area contributed by atoms with Crippen molar-refractivity contribution < 1.29 is 4.52 Å². The summed E-state index contributed by atoms with van der Waals surface area (Å²) in [5, 5.41) is 5.06. The SMILES string of the molecule is CN1[C@H]2CC[C@@H]1[C@H](c1nc(-c3ccccc3)no1)[C@@H](c1ccc(Cl)cc1)C2. The molecule has 138 valence electrons. The van der Waals surface area contributed by atoms with Gasteiger partial charge in [-0.3, -0.25) is 4.90 Å². The molecule has 1 aromatic heterocycles. The molecule has 5 rings (SSSR count). The lowest BCUT2D eigenvalue weighted by atomic mass is 9.76. The van der Waals surface area contributed by atoms with E-state index in [-0.39, 0.29) is 5.92 Å². The summed E-state index contributed by atoms with van der Waals surface area (Å²) in [6, 6.07) is 19.4. The second-order valence-corrected chi connectivity index (χ2v) is 8.14. The molecule has 5 heteroatoms. The average molecular weight is 380 g/mol. The minimum Gasteiger partial charge on any atom is -0.339 e.